The Hall–Kier alpha value is -8.88. The van der Waals surface area contributed by atoms with Crippen molar-refractivity contribution in [3.63, 3.8) is 0 Å². The van der Waals surface area contributed by atoms with Gasteiger partial charge in [-0.25, -0.2) is 15.0 Å². The molecule has 6 saturated carbocycles. The van der Waals surface area contributed by atoms with Gasteiger partial charge in [0.2, 0.25) is 0 Å². The SMILES string of the molecule is CCCCCCCCCCCCOc1cc(/C=C(\C#N)c2ccc(OCC(=O)N/N=C/c3ccc(OCC(=O)O[C@H]4CC[C@@]5(C)C(=CC[C@H]6[C@@H]7CC[C@H]([C@H](C)CCCC(C)C)[C@@]7(C)CC[C@@H]65)C4)cc3)cc2)ccc1C.CCCCCCCCCCCCOc1cc(/C=C(\C#N)c2ccc(OCC(=O)O[C@H]3CC[C@@]4(C)C(=CC[C@H]5[C@@H]6CC[C@H]([C@H](C)CCCC(C)C)[C@@]6(C)CC[C@@H]54)C3)cc2)ccc1C. The fourth-order valence-corrected chi connectivity index (χ4v) is 26.7. The molecular weight excluding hydrogens is 1690 g/mol. The van der Waals surface area contributed by atoms with E-state index >= 15 is 0 Å². The Kier molecular flexibility index (Phi) is 41.5. The standard InChI is InChI=1S/C66H91N3O6.C57H83NO4/c1-8-9-10-11-12-13-14-15-16-17-39-72-62-41-51(22-21-49(62)5)40-53(43-67)52-25-30-56(31-26-52)73-45-63(70)69-68-44-50-23-28-55(29-24-50)74-46-64(71)75-57-35-37-65(6)54(42-57)27-32-58-60-34-33-59(48(4)20-18-19-47(2)3)66(60,7)38-36-61(58)65;1-8-9-10-11-12-13-14-15-16-17-35-60-54-37-44(22-21-43(54)5)36-46(39-58)45-23-26-48(27-24-45)61-40-55(59)62-49-31-33-56(6)47(38-49)25-28-50-52-30-29-51(42(4)20-18-19-41(2)3)57(52,7)34-32-53(50)56/h21-31,40-41,44,47-48,57-61H,8-20,32-39,42,45-46H2,1-7H3,(H,69,70);21-27,36-37,41-42,49-53H,8-20,28-35,38,40H2,1-7H3/b53-40+,68-44+;46-36+/t48-,57+,58+,59-,60+,61+,65+,66-;42-,49+,50+,51-,52+,53+,56+,57-/m11/s1. The van der Waals surface area contributed by atoms with Crippen molar-refractivity contribution < 1.29 is 47.5 Å². The average molecular weight is 1870 g/mol. The minimum absolute atomic E-state index is 0.0866. The molecule has 0 aromatic heterocycles. The minimum atomic E-state index is -0.417. The summed E-state index contributed by atoms with van der Waals surface area (Å²) in [5.74, 6) is 12.0. The number of ether oxygens (including phenoxy) is 7. The van der Waals surface area contributed by atoms with Crippen LogP contribution in [0.25, 0.3) is 23.3 Å². The molecule has 5 aromatic carbocycles. The third-order valence-electron chi connectivity index (χ3n) is 34.6. The highest BCUT2D eigenvalue weighted by Gasteiger charge is 2.61. The molecule has 746 valence electrons. The van der Waals surface area contributed by atoms with Crippen LogP contribution in [-0.4, -0.2) is 69.3 Å². The molecular formula is C123H174N4O10. The van der Waals surface area contributed by atoms with E-state index in [2.05, 4.69) is 131 Å². The fraction of sp³-hybridized carbons (Fsp3) is 0.642. The maximum Gasteiger partial charge on any atom is 0.344 e. The predicted octanol–water partition coefficient (Wildman–Crippen LogP) is 31.9. The van der Waals surface area contributed by atoms with E-state index in [1.807, 2.05) is 97.9 Å². The van der Waals surface area contributed by atoms with Gasteiger partial charge in [-0.2, -0.15) is 15.6 Å². The van der Waals surface area contributed by atoms with Crippen molar-refractivity contribution in [1.82, 2.24) is 5.43 Å². The first kappa shape index (κ1) is 107. The van der Waals surface area contributed by atoms with Gasteiger partial charge in [-0.05, 0) is 345 Å². The smallest absolute Gasteiger partial charge is 0.344 e. The Morgan fingerprint density at radius 1 is 0.423 bits per heavy atom. The second-order valence-electron chi connectivity index (χ2n) is 45.0. The van der Waals surface area contributed by atoms with Crippen molar-refractivity contribution in [1.29, 1.82) is 10.5 Å². The molecule has 0 spiro atoms. The van der Waals surface area contributed by atoms with Crippen molar-refractivity contribution in [2.24, 2.45) is 97.8 Å². The van der Waals surface area contributed by atoms with Gasteiger partial charge >= 0.3 is 11.9 Å². The molecule has 0 saturated heterocycles. The van der Waals surface area contributed by atoms with Gasteiger partial charge in [0.1, 0.15) is 41.0 Å². The summed E-state index contributed by atoms with van der Waals surface area (Å²) in [5.41, 5.74) is 14.3. The second-order valence-corrected chi connectivity index (χ2v) is 45.0. The maximum absolute atomic E-state index is 13.1. The van der Waals surface area contributed by atoms with Gasteiger partial charge in [0.25, 0.3) is 5.91 Å². The molecule has 8 aliphatic rings. The number of benzene rings is 5. The predicted molar refractivity (Wildman–Crippen MR) is 561 cm³/mol. The van der Waals surface area contributed by atoms with Gasteiger partial charge in [-0.3, -0.25) is 4.79 Å². The molecule has 1 amide bonds. The molecule has 6 fully saturated rings. The number of rotatable bonds is 51. The lowest BCUT2D eigenvalue weighted by Gasteiger charge is -2.58. The van der Waals surface area contributed by atoms with Crippen LogP contribution in [0.3, 0.4) is 0 Å². The number of carbonyl (C=O) groups is 3. The zero-order valence-corrected chi connectivity index (χ0v) is 87.0. The topological polar surface area (TPSA) is 188 Å². The largest absolute Gasteiger partial charge is 0.493 e. The quantitative estimate of drug-likeness (QED) is 0.00739. The number of fused-ring (bicyclic) bond motifs is 10. The van der Waals surface area contributed by atoms with E-state index in [0.717, 1.165) is 173 Å². The lowest BCUT2D eigenvalue weighted by atomic mass is 9.47. The molecule has 16 atom stereocenters. The number of hydrazone groups is 1. The second kappa shape index (κ2) is 53.1. The molecule has 0 radical (unpaired) electrons. The zero-order valence-electron chi connectivity index (χ0n) is 87.0. The molecule has 0 heterocycles. The molecule has 0 aliphatic heterocycles. The number of unbranched alkanes of at least 4 members (excludes halogenated alkanes) is 18. The monoisotopic (exact) mass is 1870 g/mol. The highest BCUT2D eigenvalue weighted by Crippen LogP contribution is 2.70. The molecule has 13 rings (SSSR count). The molecule has 5 aromatic rings. The molecule has 1 N–H and O–H groups in total. The lowest BCUT2D eigenvalue weighted by Crippen LogP contribution is -2.51. The number of nitrogens with zero attached hydrogens (tertiary/aromatic N) is 3. The van der Waals surface area contributed by atoms with E-state index in [9.17, 15) is 24.9 Å². The molecule has 137 heavy (non-hydrogen) atoms. The van der Waals surface area contributed by atoms with Crippen molar-refractivity contribution in [2.75, 3.05) is 33.0 Å². The lowest BCUT2D eigenvalue weighted by molar-refractivity contribution is -0.154. The minimum Gasteiger partial charge on any atom is -0.493 e. The van der Waals surface area contributed by atoms with Crippen LogP contribution in [0.1, 0.15) is 392 Å². The summed E-state index contributed by atoms with van der Waals surface area (Å²) in [6.45, 7) is 34.5. The molecule has 0 unspecified atom stereocenters. The van der Waals surface area contributed by atoms with Gasteiger partial charge < -0.3 is 33.2 Å². The van der Waals surface area contributed by atoms with E-state index in [4.69, 9.17) is 33.2 Å². The van der Waals surface area contributed by atoms with E-state index < -0.39 is 5.91 Å². The highest BCUT2D eigenvalue weighted by atomic mass is 16.6. The van der Waals surface area contributed by atoms with Crippen LogP contribution < -0.4 is 29.1 Å². The summed E-state index contributed by atoms with van der Waals surface area (Å²) in [4.78, 5) is 38.8. The first-order chi connectivity index (χ1) is 66.2. The Balaban J connectivity index is 0.000000250. The summed E-state index contributed by atoms with van der Waals surface area (Å²) >= 11 is 0. The Bertz CT molecular complexity index is 4870. The molecule has 8 aliphatic carbocycles. The molecule has 14 heteroatoms. The normalized spacial score (nSPS) is 25.9. The van der Waals surface area contributed by atoms with Gasteiger partial charge in [0, 0.05) is 12.8 Å². The molecule has 14 nitrogen and oxygen atoms in total. The summed E-state index contributed by atoms with van der Waals surface area (Å²) in [6, 6.07) is 38.5. The van der Waals surface area contributed by atoms with Crippen LogP contribution in [-0.2, 0) is 23.9 Å². The van der Waals surface area contributed by atoms with Crippen LogP contribution in [0, 0.1) is 129 Å². The highest BCUT2D eigenvalue weighted by molar-refractivity contribution is 5.91. The number of carbonyl (C=O) groups excluding carboxylic acids is 3. The fourth-order valence-electron chi connectivity index (χ4n) is 26.7. The number of nitrogens with one attached hydrogen (secondary N) is 1. The van der Waals surface area contributed by atoms with Crippen LogP contribution in [0.15, 0.2) is 138 Å². The third-order valence-corrected chi connectivity index (χ3v) is 34.6. The number of aryl methyl sites for hydroxylation is 2. The van der Waals surface area contributed by atoms with E-state index in [1.54, 1.807) is 29.8 Å². The van der Waals surface area contributed by atoms with Crippen molar-refractivity contribution in [2.45, 2.75) is 379 Å². The molecule has 0 bridgehead atoms. The van der Waals surface area contributed by atoms with Crippen molar-refractivity contribution in [3.05, 3.63) is 171 Å². The first-order valence-electron chi connectivity index (χ1n) is 54.7. The third kappa shape index (κ3) is 29.9. The summed E-state index contributed by atoms with van der Waals surface area (Å²) in [6.07, 6.45) is 63.5. The maximum atomic E-state index is 13.1. The van der Waals surface area contributed by atoms with Crippen LogP contribution in [0.4, 0.5) is 0 Å². The Morgan fingerprint density at radius 3 is 1.18 bits per heavy atom. The summed E-state index contributed by atoms with van der Waals surface area (Å²) in [5, 5.41) is 24.2. The Morgan fingerprint density at radius 2 is 0.796 bits per heavy atom. The van der Waals surface area contributed by atoms with E-state index in [0.29, 0.717) is 52.4 Å². The summed E-state index contributed by atoms with van der Waals surface area (Å²) < 4.78 is 41.9. The Labute approximate surface area is 827 Å². The van der Waals surface area contributed by atoms with Gasteiger partial charge in [-0.1, -0.05) is 285 Å². The first-order valence-corrected chi connectivity index (χ1v) is 54.7. The zero-order chi connectivity index (χ0) is 97.3. The van der Waals surface area contributed by atoms with Gasteiger partial charge in [0.05, 0.1) is 42.7 Å². The van der Waals surface area contributed by atoms with Crippen LogP contribution in [0.5, 0.6) is 28.7 Å². The van der Waals surface area contributed by atoms with Gasteiger partial charge in [0.15, 0.2) is 19.8 Å². The average Bonchev–Trinajstić information content (AvgIpc) is 1.53. The number of hydrogen-bond acceptors (Lipinski definition) is 13. The number of esters is 2. The summed E-state index contributed by atoms with van der Waals surface area (Å²) in [7, 11) is 0. The van der Waals surface area contributed by atoms with E-state index in [1.165, 1.54) is 230 Å². The number of nitriles is 2. The van der Waals surface area contributed by atoms with E-state index in [-0.39, 0.29) is 54.8 Å². The van der Waals surface area contributed by atoms with Crippen LogP contribution >= 0.6 is 0 Å². The number of allylic oxidation sites excluding steroid dienone is 4. The number of amides is 1. The van der Waals surface area contributed by atoms with Gasteiger partial charge in [-0.15, -0.1) is 0 Å². The van der Waals surface area contributed by atoms with Crippen molar-refractivity contribution >= 4 is 47.4 Å². The van der Waals surface area contributed by atoms with Crippen LogP contribution in [0.2, 0.25) is 0 Å². The number of hydrogen-bond donors (Lipinski definition) is 1. The van der Waals surface area contributed by atoms with Crippen molar-refractivity contribution in [3.8, 4) is 40.9 Å².